The van der Waals surface area contributed by atoms with Gasteiger partial charge in [-0.3, -0.25) is 4.99 Å². The zero-order chi connectivity index (χ0) is 14.6. The molecular weight excluding hydrogens is 377 g/mol. The number of guanidine groups is 1. The van der Waals surface area contributed by atoms with E-state index in [4.69, 9.17) is 4.74 Å². The first kappa shape index (κ1) is 21.0. The fourth-order valence-electron chi connectivity index (χ4n) is 2.02. The van der Waals surface area contributed by atoms with E-state index in [9.17, 15) is 0 Å². The molecule has 126 valence electrons. The minimum atomic E-state index is 0. The third-order valence-electron chi connectivity index (χ3n) is 3.29. The van der Waals surface area contributed by atoms with Crippen LogP contribution >= 0.6 is 24.0 Å². The van der Waals surface area contributed by atoms with Gasteiger partial charge in [0.1, 0.15) is 0 Å². The smallest absolute Gasteiger partial charge is 0.191 e. The molecule has 0 aromatic heterocycles. The lowest BCUT2D eigenvalue weighted by molar-refractivity contribution is 0.109. The van der Waals surface area contributed by atoms with Crippen molar-refractivity contribution in [3.8, 4) is 0 Å². The molecular formula is C16H34IN3O. The van der Waals surface area contributed by atoms with Crippen LogP contribution in [0.2, 0.25) is 0 Å². The van der Waals surface area contributed by atoms with Crippen LogP contribution in [-0.4, -0.2) is 38.8 Å². The molecule has 5 heteroatoms. The summed E-state index contributed by atoms with van der Waals surface area (Å²) < 4.78 is 5.56. The minimum absolute atomic E-state index is 0. The van der Waals surface area contributed by atoms with Crippen LogP contribution in [0.5, 0.6) is 0 Å². The summed E-state index contributed by atoms with van der Waals surface area (Å²) in [6.07, 6.45) is 6.52. The van der Waals surface area contributed by atoms with Crippen molar-refractivity contribution in [3.05, 3.63) is 0 Å². The predicted molar refractivity (Wildman–Crippen MR) is 102 cm³/mol. The Morgan fingerprint density at radius 1 is 1.24 bits per heavy atom. The molecule has 0 unspecified atom stereocenters. The number of hydrogen-bond donors (Lipinski definition) is 2. The van der Waals surface area contributed by atoms with Crippen LogP contribution in [0, 0.1) is 11.8 Å². The van der Waals surface area contributed by atoms with E-state index in [0.29, 0.717) is 5.92 Å². The second-order valence-electron chi connectivity index (χ2n) is 6.10. The van der Waals surface area contributed by atoms with Crippen molar-refractivity contribution in [2.24, 2.45) is 16.8 Å². The Kier molecular flexibility index (Phi) is 13.6. The Morgan fingerprint density at radius 2 is 2.00 bits per heavy atom. The van der Waals surface area contributed by atoms with Crippen LogP contribution in [0.3, 0.4) is 0 Å². The van der Waals surface area contributed by atoms with E-state index in [-0.39, 0.29) is 24.0 Å². The fraction of sp³-hybridized carbons (Fsp3) is 0.938. The molecule has 1 rings (SSSR count). The van der Waals surface area contributed by atoms with Crippen molar-refractivity contribution in [3.63, 3.8) is 0 Å². The quantitative estimate of drug-likeness (QED) is 0.237. The molecule has 0 spiro atoms. The van der Waals surface area contributed by atoms with Gasteiger partial charge in [0, 0.05) is 32.8 Å². The topological polar surface area (TPSA) is 45.7 Å². The third kappa shape index (κ3) is 13.4. The Bertz CT molecular complexity index is 268. The molecule has 0 radical (unpaired) electrons. The summed E-state index contributed by atoms with van der Waals surface area (Å²) in [7, 11) is 0. The summed E-state index contributed by atoms with van der Waals surface area (Å²) in [6.45, 7) is 10.9. The van der Waals surface area contributed by atoms with Crippen LogP contribution < -0.4 is 10.6 Å². The molecule has 0 heterocycles. The number of hydrogen-bond acceptors (Lipinski definition) is 2. The van der Waals surface area contributed by atoms with E-state index < -0.39 is 0 Å². The first-order chi connectivity index (χ1) is 9.72. The second kappa shape index (κ2) is 13.6. The molecule has 1 saturated carbocycles. The third-order valence-corrected chi connectivity index (χ3v) is 3.29. The summed E-state index contributed by atoms with van der Waals surface area (Å²) in [5.74, 6) is 2.59. The van der Waals surface area contributed by atoms with Gasteiger partial charge in [0.05, 0.1) is 0 Å². The molecule has 1 aliphatic carbocycles. The van der Waals surface area contributed by atoms with Crippen molar-refractivity contribution >= 4 is 29.9 Å². The number of aliphatic imine (C=N–C) groups is 1. The van der Waals surface area contributed by atoms with Gasteiger partial charge in [-0.05, 0) is 38.0 Å². The number of ether oxygens (including phenoxy) is 1. The van der Waals surface area contributed by atoms with Gasteiger partial charge in [-0.1, -0.05) is 26.7 Å². The Balaban J connectivity index is 0.00000400. The van der Waals surface area contributed by atoms with Gasteiger partial charge in [-0.2, -0.15) is 0 Å². The van der Waals surface area contributed by atoms with Crippen molar-refractivity contribution in [2.75, 3.05) is 32.8 Å². The van der Waals surface area contributed by atoms with Gasteiger partial charge in [0.15, 0.2) is 5.96 Å². The molecule has 1 fully saturated rings. The molecule has 0 aromatic rings. The summed E-state index contributed by atoms with van der Waals surface area (Å²) >= 11 is 0. The van der Waals surface area contributed by atoms with Crippen molar-refractivity contribution in [2.45, 2.75) is 52.9 Å². The summed E-state index contributed by atoms with van der Waals surface area (Å²) in [5.41, 5.74) is 0. The molecule has 0 amide bonds. The van der Waals surface area contributed by atoms with Crippen LogP contribution in [-0.2, 0) is 4.74 Å². The average Bonchev–Trinajstić information content (AvgIpc) is 3.22. The van der Waals surface area contributed by atoms with E-state index in [2.05, 4.69) is 36.4 Å². The number of nitrogens with one attached hydrogen (secondary N) is 2. The highest BCUT2D eigenvalue weighted by Crippen LogP contribution is 2.33. The number of halogens is 1. The van der Waals surface area contributed by atoms with Crippen molar-refractivity contribution in [1.29, 1.82) is 0 Å². The highest BCUT2D eigenvalue weighted by Gasteiger charge is 2.19. The number of nitrogens with zero attached hydrogens (tertiary/aromatic N) is 1. The average molecular weight is 411 g/mol. The zero-order valence-corrected chi connectivity index (χ0v) is 16.3. The van der Waals surface area contributed by atoms with Crippen molar-refractivity contribution in [1.82, 2.24) is 10.6 Å². The van der Waals surface area contributed by atoms with Crippen molar-refractivity contribution < 1.29 is 4.74 Å². The summed E-state index contributed by atoms with van der Waals surface area (Å²) in [6, 6.07) is 0. The summed E-state index contributed by atoms with van der Waals surface area (Å²) in [5, 5.41) is 6.70. The fourth-order valence-corrected chi connectivity index (χ4v) is 2.02. The molecule has 21 heavy (non-hydrogen) atoms. The largest absolute Gasteiger partial charge is 0.381 e. The van der Waals surface area contributed by atoms with Gasteiger partial charge in [0.2, 0.25) is 0 Å². The highest BCUT2D eigenvalue weighted by atomic mass is 127. The Labute approximate surface area is 147 Å². The lowest BCUT2D eigenvalue weighted by Gasteiger charge is -2.11. The first-order valence-electron chi connectivity index (χ1n) is 8.32. The lowest BCUT2D eigenvalue weighted by atomic mass is 10.2. The lowest BCUT2D eigenvalue weighted by Crippen LogP contribution is -2.37. The number of rotatable bonds is 11. The van der Waals surface area contributed by atoms with Gasteiger partial charge in [-0.25, -0.2) is 0 Å². The van der Waals surface area contributed by atoms with E-state index in [0.717, 1.165) is 51.1 Å². The molecule has 0 saturated heterocycles. The maximum atomic E-state index is 5.56. The first-order valence-corrected chi connectivity index (χ1v) is 8.32. The van der Waals surface area contributed by atoms with Gasteiger partial charge in [-0.15, -0.1) is 24.0 Å². The Hall–Kier alpha value is -0.0400. The van der Waals surface area contributed by atoms with E-state index in [1.807, 2.05) is 0 Å². The normalized spacial score (nSPS) is 15.0. The van der Waals surface area contributed by atoms with E-state index in [1.54, 1.807) is 0 Å². The second-order valence-corrected chi connectivity index (χ2v) is 6.10. The van der Waals surface area contributed by atoms with Crippen LogP contribution in [0.4, 0.5) is 0 Å². The molecule has 0 bridgehead atoms. The maximum absolute atomic E-state index is 5.56. The molecule has 0 aliphatic heterocycles. The van der Waals surface area contributed by atoms with Crippen LogP contribution in [0.25, 0.3) is 0 Å². The summed E-state index contributed by atoms with van der Waals surface area (Å²) in [4.78, 5) is 4.58. The van der Waals surface area contributed by atoms with Gasteiger partial charge >= 0.3 is 0 Å². The highest BCUT2D eigenvalue weighted by molar-refractivity contribution is 14.0. The molecule has 2 N–H and O–H groups in total. The van der Waals surface area contributed by atoms with E-state index in [1.165, 1.54) is 25.7 Å². The van der Waals surface area contributed by atoms with Crippen LogP contribution in [0.1, 0.15) is 52.9 Å². The monoisotopic (exact) mass is 411 g/mol. The minimum Gasteiger partial charge on any atom is -0.381 e. The van der Waals surface area contributed by atoms with Crippen LogP contribution in [0.15, 0.2) is 4.99 Å². The van der Waals surface area contributed by atoms with Gasteiger partial charge < -0.3 is 15.4 Å². The standard InChI is InChI=1S/C16H33N3O.HI/c1-4-17-16(18-10-5-7-15-8-9-15)19-11-6-12-20-13-14(2)3;/h14-15H,4-13H2,1-3H3,(H2,17,18,19);1H. The van der Waals surface area contributed by atoms with E-state index >= 15 is 0 Å². The molecule has 1 aliphatic rings. The maximum Gasteiger partial charge on any atom is 0.191 e. The molecule has 0 atom stereocenters. The molecule has 0 aromatic carbocycles. The molecule has 4 nitrogen and oxygen atoms in total. The Morgan fingerprint density at radius 3 is 2.62 bits per heavy atom. The van der Waals surface area contributed by atoms with Gasteiger partial charge in [0.25, 0.3) is 0 Å². The SMILES string of the molecule is CCNC(=NCCCOCC(C)C)NCCCC1CC1.I. The zero-order valence-electron chi connectivity index (χ0n) is 14.0. The predicted octanol–water partition coefficient (Wildman–Crippen LogP) is 3.41.